The van der Waals surface area contributed by atoms with Gasteiger partial charge in [0, 0.05) is 19.2 Å². The maximum Gasteiger partial charge on any atom is 0.121 e. The van der Waals surface area contributed by atoms with Crippen LogP contribution >= 0.6 is 11.6 Å². The molecule has 102 valence electrons. The van der Waals surface area contributed by atoms with Gasteiger partial charge in [-0.1, -0.05) is 11.6 Å². The zero-order valence-corrected chi connectivity index (χ0v) is 11.8. The zero-order chi connectivity index (χ0) is 13.9. The molecule has 1 aliphatic rings. The van der Waals surface area contributed by atoms with E-state index in [2.05, 4.69) is 5.32 Å². The van der Waals surface area contributed by atoms with Crippen LogP contribution in [0.4, 0.5) is 0 Å². The molecule has 1 unspecified atom stereocenters. The van der Waals surface area contributed by atoms with Gasteiger partial charge in [-0.05, 0) is 26.0 Å². The Labute approximate surface area is 118 Å². The van der Waals surface area contributed by atoms with Crippen LogP contribution in [0.15, 0.2) is 18.2 Å². The molecule has 1 atom stereocenters. The summed E-state index contributed by atoms with van der Waals surface area (Å²) < 4.78 is 11.6. The molecule has 0 bridgehead atoms. The van der Waals surface area contributed by atoms with Crippen LogP contribution in [0, 0.1) is 11.3 Å². The van der Waals surface area contributed by atoms with Gasteiger partial charge in [-0.2, -0.15) is 5.26 Å². The Morgan fingerprint density at radius 1 is 1.58 bits per heavy atom. The summed E-state index contributed by atoms with van der Waals surface area (Å²) in [5.74, 6) is 0.649. The first-order valence-electron chi connectivity index (χ1n) is 6.21. The van der Waals surface area contributed by atoms with Gasteiger partial charge in [0.1, 0.15) is 24.5 Å². The molecule has 1 N–H and O–H groups in total. The van der Waals surface area contributed by atoms with Crippen LogP contribution in [-0.2, 0) is 4.74 Å². The van der Waals surface area contributed by atoms with Crippen molar-refractivity contribution in [3.63, 3.8) is 0 Å². The molecule has 1 heterocycles. The largest absolute Gasteiger partial charge is 0.491 e. The molecule has 5 heteroatoms. The molecule has 1 aromatic carbocycles. The van der Waals surface area contributed by atoms with Gasteiger partial charge in [0.15, 0.2) is 0 Å². The van der Waals surface area contributed by atoms with Crippen molar-refractivity contribution in [1.29, 1.82) is 5.26 Å². The first-order valence-corrected chi connectivity index (χ1v) is 6.59. The zero-order valence-electron chi connectivity index (χ0n) is 11.1. The quantitative estimate of drug-likeness (QED) is 0.923. The lowest BCUT2D eigenvalue weighted by Crippen LogP contribution is -2.52. The highest BCUT2D eigenvalue weighted by Gasteiger charge is 2.28. The minimum Gasteiger partial charge on any atom is -0.491 e. The Hall–Kier alpha value is -1.28. The second kappa shape index (κ2) is 5.79. The summed E-state index contributed by atoms with van der Waals surface area (Å²) in [4.78, 5) is 0. The van der Waals surface area contributed by atoms with Crippen molar-refractivity contribution in [3.8, 4) is 11.8 Å². The molecule has 0 saturated carbocycles. The highest BCUT2D eigenvalue weighted by Crippen LogP contribution is 2.23. The molecule has 0 aliphatic carbocycles. The second-order valence-corrected chi connectivity index (χ2v) is 5.60. The van der Waals surface area contributed by atoms with Gasteiger partial charge in [0.25, 0.3) is 0 Å². The average Bonchev–Trinajstić information content (AvgIpc) is 2.35. The normalized spacial score (nSPS) is 21.7. The third-order valence-corrected chi connectivity index (χ3v) is 3.22. The van der Waals surface area contributed by atoms with E-state index in [1.807, 2.05) is 19.9 Å². The summed E-state index contributed by atoms with van der Waals surface area (Å²) in [6.45, 7) is 6.16. The maximum absolute atomic E-state index is 8.80. The molecule has 1 fully saturated rings. The number of benzene rings is 1. The Kier molecular flexibility index (Phi) is 4.31. The topological polar surface area (TPSA) is 54.3 Å². The monoisotopic (exact) mass is 280 g/mol. The van der Waals surface area contributed by atoms with E-state index in [1.54, 1.807) is 18.2 Å². The van der Waals surface area contributed by atoms with Crippen molar-refractivity contribution in [2.24, 2.45) is 0 Å². The molecule has 2 rings (SSSR count). The maximum atomic E-state index is 8.80. The van der Waals surface area contributed by atoms with Gasteiger partial charge >= 0.3 is 0 Å². The molecule has 0 amide bonds. The number of rotatable bonds is 3. The summed E-state index contributed by atoms with van der Waals surface area (Å²) in [5.41, 5.74) is 0.278. The number of ether oxygens (including phenoxy) is 2. The van der Waals surface area contributed by atoms with Gasteiger partial charge in [0.05, 0.1) is 16.2 Å². The number of halogens is 1. The second-order valence-electron chi connectivity index (χ2n) is 5.19. The number of nitrogens with one attached hydrogen (secondary N) is 1. The molecular weight excluding hydrogens is 264 g/mol. The molecular formula is C14H17ClN2O2. The number of morpholine rings is 1. The highest BCUT2D eigenvalue weighted by molar-refractivity contribution is 6.31. The fourth-order valence-electron chi connectivity index (χ4n) is 2.03. The first kappa shape index (κ1) is 14.1. The van der Waals surface area contributed by atoms with Crippen molar-refractivity contribution in [3.05, 3.63) is 28.8 Å². The minimum atomic E-state index is -0.172. The lowest BCUT2D eigenvalue weighted by atomic mass is 10.1. The van der Waals surface area contributed by atoms with Crippen molar-refractivity contribution >= 4 is 11.6 Å². The summed E-state index contributed by atoms with van der Waals surface area (Å²) in [7, 11) is 0. The Morgan fingerprint density at radius 2 is 2.37 bits per heavy atom. The fourth-order valence-corrected chi connectivity index (χ4v) is 2.24. The van der Waals surface area contributed by atoms with Crippen molar-refractivity contribution in [2.45, 2.75) is 25.6 Å². The van der Waals surface area contributed by atoms with Crippen molar-refractivity contribution < 1.29 is 9.47 Å². The SMILES string of the molecule is CC1(C)CNCC(COc2ccc(C#N)c(Cl)c2)O1. The molecule has 0 aromatic heterocycles. The highest BCUT2D eigenvalue weighted by atomic mass is 35.5. The molecule has 1 saturated heterocycles. The predicted molar refractivity (Wildman–Crippen MR) is 73.5 cm³/mol. The summed E-state index contributed by atoms with van der Waals surface area (Å²) >= 11 is 5.95. The van der Waals surface area contributed by atoms with Crippen LogP contribution in [0.2, 0.25) is 5.02 Å². The van der Waals surface area contributed by atoms with Gasteiger partial charge in [-0.3, -0.25) is 0 Å². The third-order valence-electron chi connectivity index (χ3n) is 2.91. The van der Waals surface area contributed by atoms with E-state index in [0.717, 1.165) is 13.1 Å². The lowest BCUT2D eigenvalue weighted by Gasteiger charge is -2.36. The van der Waals surface area contributed by atoms with Gasteiger partial charge in [-0.15, -0.1) is 0 Å². The Bertz CT molecular complexity index is 497. The summed E-state index contributed by atoms with van der Waals surface area (Å²) in [6.07, 6.45) is 0.0122. The van der Waals surface area contributed by atoms with Gasteiger partial charge in [0.2, 0.25) is 0 Å². The molecule has 0 spiro atoms. The fraction of sp³-hybridized carbons (Fsp3) is 0.500. The third kappa shape index (κ3) is 3.84. The van der Waals surface area contributed by atoms with Gasteiger partial charge in [-0.25, -0.2) is 0 Å². The standard InChI is InChI=1S/C14H17ClN2O2/c1-14(2)9-17-7-12(19-14)8-18-11-4-3-10(6-16)13(15)5-11/h3-5,12,17H,7-9H2,1-2H3. The summed E-state index contributed by atoms with van der Waals surface area (Å²) in [5, 5.41) is 12.5. The first-order chi connectivity index (χ1) is 9.00. The van der Waals surface area contributed by atoms with Gasteiger partial charge < -0.3 is 14.8 Å². The Balaban J connectivity index is 1.92. The molecule has 1 aromatic rings. The van der Waals surface area contributed by atoms with E-state index >= 15 is 0 Å². The lowest BCUT2D eigenvalue weighted by molar-refractivity contribution is -0.107. The van der Waals surface area contributed by atoms with Crippen LogP contribution in [0.5, 0.6) is 5.75 Å². The van der Waals surface area contributed by atoms with E-state index < -0.39 is 0 Å². The van der Waals surface area contributed by atoms with Crippen LogP contribution in [0.25, 0.3) is 0 Å². The van der Waals surface area contributed by atoms with Crippen molar-refractivity contribution in [1.82, 2.24) is 5.32 Å². The predicted octanol–water partition coefficient (Wildman–Crippen LogP) is 2.36. The smallest absolute Gasteiger partial charge is 0.121 e. The number of hydrogen-bond acceptors (Lipinski definition) is 4. The van der Waals surface area contributed by atoms with E-state index in [1.165, 1.54) is 0 Å². The van der Waals surface area contributed by atoms with Crippen LogP contribution in [0.3, 0.4) is 0 Å². The van der Waals surface area contributed by atoms with Crippen LogP contribution in [-0.4, -0.2) is 31.4 Å². The molecule has 19 heavy (non-hydrogen) atoms. The number of nitrogens with zero attached hydrogens (tertiary/aromatic N) is 1. The van der Waals surface area contributed by atoms with E-state index in [-0.39, 0.29) is 11.7 Å². The van der Waals surface area contributed by atoms with Crippen LogP contribution < -0.4 is 10.1 Å². The van der Waals surface area contributed by atoms with Crippen LogP contribution in [0.1, 0.15) is 19.4 Å². The number of nitriles is 1. The van der Waals surface area contributed by atoms with E-state index in [4.69, 9.17) is 26.3 Å². The molecule has 0 radical (unpaired) electrons. The van der Waals surface area contributed by atoms with E-state index in [9.17, 15) is 0 Å². The van der Waals surface area contributed by atoms with E-state index in [0.29, 0.717) is 22.9 Å². The number of hydrogen-bond donors (Lipinski definition) is 1. The van der Waals surface area contributed by atoms with Crippen molar-refractivity contribution in [2.75, 3.05) is 19.7 Å². The minimum absolute atomic E-state index is 0.0122. The molecule has 1 aliphatic heterocycles. The molecule has 4 nitrogen and oxygen atoms in total. The average molecular weight is 281 g/mol. The Morgan fingerprint density at radius 3 is 3.00 bits per heavy atom. The summed E-state index contributed by atoms with van der Waals surface area (Å²) in [6, 6.07) is 7.07.